The largest absolute Gasteiger partial charge is 0.573 e. The highest BCUT2D eigenvalue weighted by molar-refractivity contribution is 5.82. The SMILES string of the molecule is CN(Cc1ccccc1OC(F)(F)F)C(=O)[C@@H](N)C(C)(C)C. The van der Waals surface area contributed by atoms with Gasteiger partial charge in [0.2, 0.25) is 5.91 Å². The molecule has 0 aromatic heterocycles. The van der Waals surface area contributed by atoms with Crippen molar-refractivity contribution >= 4 is 5.91 Å². The smallest absolute Gasteiger partial charge is 0.405 e. The molecule has 2 N–H and O–H groups in total. The molecule has 0 unspecified atom stereocenters. The minimum atomic E-state index is -4.78. The summed E-state index contributed by atoms with van der Waals surface area (Å²) >= 11 is 0. The number of carbonyl (C=O) groups is 1. The van der Waals surface area contributed by atoms with Crippen LogP contribution in [0, 0.1) is 5.41 Å². The van der Waals surface area contributed by atoms with Crippen LogP contribution in [0.15, 0.2) is 24.3 Å². The Labute approximate surface area is 128 Å². The quantitative estimate of drug-likeness (QED) is 0.928. The van der Waals surface area contributed by atoms with Gasteiger partial charge in [-0.2, -0.15) is 0 Å². The number of alkyl halides is 3. The number of hydrogen-bond donors (Lipinski definition) is 1. The fourth-order valence-corrected chi connectivity index (χ4v) is 1.80. The first-order chi connectivity index (χ1) is 9.92. The van der Waals surface area contributed by atoms with E-state index in [1.807, 2.05) is 20.8 Å². The molecule has 1 atom stereocenters. The number of para-hydroxylation sites is 1. The zero-order valence-electron chi connectivity index (χ0n) is 13.1. The molecule has 0 aliphatic rings. The molecule has 0 saturated carbocycles. The van der Waals surface area contributed by atoms with Crippen molar-refractivity contribution in [3.63, 3.8) is 0 Å². The number of carbonyl (C=O) groups excluding carboxylic acids is 1. The number of benzene rings is 1. The lowest BCUT2D eigenvalue weighted by atomic mass is 9.86. The third-order valence-electron chi connectivity index (χ3n) is 3.18. The van der Waals surface area contributed by atoms with Gasteiger partial charge in [0, 0.05) is 19.2 Å². The number of amides is 1. The molecule has 0 heterocycles. The summed E-state index contributed by atoms with van der Waals surface area (Å²) in [6, 6.07) is 4.97. The van der Waals surface area contributed by atoms with Crippen LogP contribution in [-0.2, 0) is 11.3 Å². The van der Waals surface area contributed by atoms with Gasteiger partial charge in [0.25, 0.3) is 0 Å². The Morgan fingerprint density at radius 2 is 1.82 bits per heavy atom. The van der Waals surface area contributed by atoms with Crippen LogP contribution in [0.3, 0.4) is 0 Å². The number of likely N-dealkylation sites (N-methyl/N-ethyl adjacent to an activating group) is 1. The van der Waals surface area contributed by atoms with E-state index >= 15 is 0 Å². The molecule has 124 valence electrons. The van der Waals surface area contributed by atoms with E-state index in [0.717, 1.165) is 0 Å². The van der Waals surface area contributed by atoms with Gasteiger partial charge in [-0.25, -0.2) is 0 Å². The van der Waals surface area contributed by atoms with Gasteiger partial charge < -0.3 is 15.4 Å². The molecule has 1 amide bonds. The van der Waals surface area contributed by atoms with Crippen molar-refractivity contribution in [2.75, 3.05) is 7.05 Å². The van der Waals surface area contributed by atoms with Crippen LogP contribution in [-0.4, -0.2) is 30.3 Å². The first-order valence-electron chi connectivity index (χ1n) is 6.76. The lowest BCUT2D eigenvalue weighted by Crippen LogP contribution is -2.48. The summed E-state index contributed by atoms with van der Waals surface area (Å²) in [6.07, 6.45) is -4.78. The van der Waals surface area contributed by atoms with E-state index in [2.05, 4.69) is 4.74 Å². The fraction of sp³-hybridized carbons (Fsp3) is 0.533. The van der Waals surface area contributed by atoms with E-state index in [9.17, 15) is 18.0 Å². The molecule has 0 bridgehead atoms. The van der Waals surface area contributed by atoms with Gasteiger partial charge in [0.15, 0.2) is 0 Å². The van der Waals surface area contributed by atoms with Crippen molar-refractivity contribution in [3.8, 4) is 5.75 Å². The van der Waals surface area contributed by atoms with E-state index in [-0.39, 0.29) is 23.8 Å². The molecule has 0 spiro atoms. The molecule has 1 rings (SSSR count). The number of ether oxygens (including phenoxy) is 1. The molecule has 22 heavy (non-hydrogen) atoms. The third kappa shape index (κ3) is 5.22. The number of hydrogen-bond acceptors (Lipinski definition) is 3. The minimum absolute atomic E-state index is 0.0190. The Balaban J connectivity index is 2.89. The maximum atomic E-state index is 12.4. The Bertz CT molecular complexity index is 524. The van der Waals surface area contributed by atoms with E-state index in [0.29, 0.717) is 0 Å². The summed E-state index contributed by atoms with van der Waals surface area (Å²) in [5.41, 5.74) is 5.71. The molecule has 7 heteroatoms. The molecule has 0 aliphatic carbocycles. The van der Waals surface area contributed by atoms with Crippen molar-refractivity contribution in [2.24, 2.45) is 11.1 Å². The predicted octanol–water partition coefficient (Wildman–Crippen LogP) is 2.92. The minimum Gasteiger partial charge on any atom is -0.405 e. The van der Waals surface area contributed by atoms with Crippen molar-refractivity contribution < 1.29 is 22.7 Å². The summed E-state index contributed by atoms with van der Waals surface area (Å²) in [4.78, 5) is 13.5. The maximum Gasteiger partial charge on any atom is 0.573 e. The second-order valence-corrected chi connectivity index (χ2v) is 6.19. The summed E-state index contributed by atoms with van der Waals surface area (Å²) in [5, 5.41) is 0. The van der Waals surface area contributed by atoms with Gasteiger partial charge in [-0.05, 0) is 11.5 Å². The molecule has 1 aromatic rings. The van der Waals surface area contributed by atoms with Crippen LogP contribution in [0.1, 0.15) is 26.3 Å². The second kappa shape index (κ2) is 6.56. The highest BCUT2D eigenvalue weighted by Gasteiger charge is 2.33. The summed E-state index contributed by atoms with van der Waals surface area (Å²) in [6.45, 7) is 5.45. The fourth-order valence-electron chi connectivity index (χ4n) is 1.80. The average Bonchev–Trinajstić information content (AvgIpc) is 2.36. The number of rotatable bonds is 4. The van der Waals surface area contributed by atoms with Gasteiger partial charge in [-0.15, -0.1) is 13.2 Å². The monoisotopic (exact) mass is 318 g/mol. The molecular formula is C15H21F3N2O2. The molecule has 0 saturated heterocycles. The van der Waals surface area contributed by atoms with E-state index in [4.69, 9.17) is 5.73 Å². The van der Waals surface area contributed by atoms with Crippen molar-refractivity contribution in [1.82, 2.24) is 4.90 Å². The lowest BCUT2D eigenvalue weighted by Gasteiger charge is -2.30. The van der Waals surface area contributed by atoms with Crippen LogP contribution in [0.25, 0.3) is 0 Å². The highest BCUT2D eigenvalue weighted by Crippen LogP contribution is 2.27. The lowest BCUT2D eigenvalue weighted by molar-refractivity contribution is -0.275. The van der Waals surface area contributed by atoms with Crippen LogP contribution in [0.4, 0.5) is 13.2 Å². The first-order valence-corrected chi connectivity index (χ1v) is 6.76. The Hall–Kier alpha value is -1.76. The van der Waals surface area contributed by atoms with Crippen LogP contribution >= 0.6 is 0 Å². The molecule has 1 aromatic carbocycles. The first kappa shape index (κ1) is 18.3. The molecule has 0 radical (unpaired) electrons. The standard InChI is InChI=1S/C15H21F3N2O2/c1-14(2,3)12(19)13(21)20(4)9-10-7-5-6-8-11(10)22-15(16,17)18/h5-8,12H,9,19H2,1-4H3/t12-/m1/s1. The van der Waals surface area contributed by atoms with Crippen molar-refractivity contribution in [3.05, 3.63) is 29.8 Å². The van der Waals surface area contributed by atoms with Crippen molar-refractivity contribution in [1.29, 1.82) is 0 Å². The van der Waals surface area contributed by atoms with E-state index in [1.165, 1.54) is 30.1 Å². The van der Waals surface area contributed by atoms with Crippen LogP contribution in [0.5, 0.6) is 5.75 Å². The molecule has 0 fully saturated rings. The third-order valence-corrected chi connectivity index (χ3v) is 3.18. The van der Waals surface area contributed by atoms with Gasteiger partial charge >= 0.3 is 6.36 Å². The predicted molar refractivity (Wildman–Crippen MR) is 77.0 cm³/mol. The van der Waals surface area contributed by atoms with Crippen LogP contribution < -0.4 is 10.5 Å². The average molecular weight is 318 g/mol. The zero-order chi connectivity index (χ0) is 17.1. The number of nitrogens with two attached hydrogens (primary N) is 1. The Kier molecular flexibility index (Phi) is 5.45. The zero-order valence-corrected chi connectivity index (χ0v) is 13.1. The van der Waals surface area contributed by atoms with Gasteiger partial charge in [-0.1, -0.05) is 39.0 Å². The normalized spacial score (nSPS) is 13.6. The number of halogens is 3. The second-order valence-electron chi connectivity index (χ2n) is 6.19. The summed E-state index contributed by atoms with van der Waals surface area (Å²) < 4.78 is 41.1. The molecule has 0 aliphatic heterocycles. The Morgan fingerprint density at radius 1 is 1.27 bits per heavy atom. The van der Waals surface area contributed by atoms with Gasteiger partial charge in [-0.3, -0.25) is 4.79 Å². The van der Waals surface area contributed by atoms with Gasteiger partial charge in [0.05, 0.1) is 6.04 Å². The maximum absolute atomic E-state index is 12.4. The van der Waals surface area contributed by atoms with Crippen LogP contribution in [0.2, 0.25) is 0 Å². The van der Waals surface area contributed by atoms with Crippen molar-refractivity contribution in [2.45, 2.75) is 39.7 Å². The van der Waals surface area contributed by atoms with E-state index < -0.39 is 17.8 Å². The summed E-state index contributed by atoms with van der Waals surface area (Å²) in [7, 11) is 1.50. The molecular weight excluding hydrogens is 297 g/mol. The van der Waals surface area contributed by atoms with E-state index in [1.54, 1.807) is 6.07 Å². The number of nitrogens with zero attached hydrogens (tertiary/aromatic N) is 1. The molecule has 4 nitrogen and oxygen atoms in total. The summed E-state index contributed by atoms with van der Waals surface area (Å²) in [5.74, 6) is -0.659. The van der Waals surface area contributed by atoms with Gasteiger partial charge in [0.1, 0.15) is 5.75 Å². The highest BCUT2D eigenvalue weighted by atomic mass is 19.4. The Morgan fingerprint density at radius 3 is 2.32 bits per heavy atom. The topological polar surface area (TPSA) is 55.6 Å².